The highest BCUT2D eigenvalue weighted by molar-refractivity contribution is 8.01. The van der Waals surface area contributed by atoms with Gasteiger partial charge in [0.15, 0.2) is 0 Å². The maximum atomic E-state index is 11.8. The van der Waals surface area contributed by atoms with Gasteiger partial charge in [-0.3, -0.25) is 4.79 Å². The van der Waals surface area contributed by atoms with Crippen molar-refractivity contribution in [2.24, 2.45) is 0 Å². The van der Waals surface area contributed by atoms with E-state index >= 15 is 0 Å². The molecule has 1 amide bonds. The van der Waals surface area contributed by atoms with E-state index in [1.807, 2.05) is 37.3 Å². The summed E-state index contributed by atoms with van der Waals surface area (Å²) in [6.07, 6.45) is -0.0163. The minimum absolute atomic E-state index is 0.0256. The number of hydrogen-bond donors (Lipinski definition) is 2. The molecule has 1 rings (SSSR count). The summed E-state index contributed by atoms with van der Waals surface area (Å²) >= 11 is 1.62. The molecule has 2 N–H and O–H groups in total. The average Bonchev–Trinajstić information content (AvgIpc) is 2.36. The fourth-order valence-electron chi connectivity index (χ4n) is 1.80. The molecule has 0 bridgehead atoms. The molecule has 2 atom stereocenters. The van der Waals surface area contributed by atoms with Gasteiger partial charge in [0.2, 0.25) is 5.91 Å². The summed E-state index contributed by atoms with van der Waals surface area (Å²) in [5.41, 5.74) is 0.887. The number of hydrogen-bond acceptors (Lipinski definition) is 3. The van der Waals surface area contributed by atoms with Crippen LogP contribution in [0.1, 0.15) is 45.8 Å². The lowest BCUT2D eigenvalue weighted by molar-refractivity contribution is -0.119. The van der Waals surface area contributed by atoms with Crippen molar-refractivity contribution in [3.8, 4) is 0 Å². The molecule has 112 valence electrons. The van der Waals surface area contributed by atoms with Gasteiger partial charge in [-0.1, -0.05) is 51.1 Å². The van der Waals surface area contributed by atoms with Crippen molar-refractivity contribution >= 4 is 17.7 Å². The topological polar surface area (TPSA) is 49.3 Å². The molecule has 4 heteroatoms. The molecular weight excluding hydrogens is 270 g/mol. The zero-order valence-electron chi connectivity index (χ0n) is 12.7. The molecule has 0 unspecified atom stereocenters. The molecule has 20 heavy (non-hydrogen) atoms. The summed E-state index contributed by atoms with van der Waals surface area (Å²) in [5.74, 6) is 0.479. The zero-order valence-corrected chi connectivity index (χ0v) is 13.5. The fourth-order valence-corrected chi connectivity index (χ4v) is 2.45. The monoisotopic (exact) mass is 295 g/mol. The zero-order chi connectivity index (χ0) is 15.2. The van der Waals surface area contributed by atoms with E-state index in [9.17, 15) is 9.90 Å². The van der Waals surface area contributed by atoms with Crippen molar-refractivity contribution in [3.63, 3.8) is 0 Å². The van der Waals surface area contributed by atoms with Crippen molar-refractivity contribution in [3.05, 3.63) is 35.9 Å². The minimum atomic E-state index is -0.540. The SMILES string of the molecule is C[C@H](C[C@H](O)c1ccccc1)NC(=O)CSC(C)(C)C. The summed E-state index contributed by atoms with van der Waals surface area (Å²) in [5, 5.41) is 13.0. The molecule has 1 aromatic carbocycles. The Balaban J connectivity index is 2.36. The summed E-state index contributed by atoms with van der Waals surface area (Å²) in [4.78, 5) is 11.8. The van der Waals surface area contributed by atoms with E-state index in [0.29, 0.717) is 12.2 Å². The Morgan fingerprint density at radius 1 is 1.30 bits per heavy atom. The van der Waals surface area contributed by atoms with Crippen LogP contribution >= 0.6 is 11.8 Å². The van der Waals surface area contributed by atoms with Gasteiger partial charge in [0, 0.05) is 10.8 Å². The van der Waals surface area contributed by atoms with Crippen LogP contribution in [-0.2, 0) is 4.79 Å². The van der Waals surface area contributed by atoms with E-state index < -0.39 is 6.10 Å². The molecule has 0 aromatic heterocycles. The predicted octanol–water partition coefficient (Wildman–Crippen LogP) is 3.15. The molecule has 0 saturated heterocycles. The number of aliphatic hydroxyl groups excluding tert-OH is 1. The lowest BCUT2D eigenvalue weighted by Gasteiger charge is -2.20. The molecule has 1 aromatic rings. The smallest absolute Gasteiger partial charge is 0.230 e. The van der Waals surface area contributed by atoms with Gasteiger partial charge in [0.05, 0.1) is 11.9 Å². The Hall–Kier alpha value is -1.000. The summed E-state index contributed by atoms with van der Waals surface area (Å²) in [6, 6.07) is 9.48. The molecule has 3 nitrogen and oxygen atoms in total. The van der Waals surface area contributed by atoms with E-state index in [1.54, 1.807) is 11.8 Å². The van der Waals surface area contributed by atoms with Gasteiger partial charge in [-0.15, -0.1) is 11.8 Å². The first kappa shape index (κ1) is 17.1. The van der Waals surface area contributed by atoms with Crippen LogP contribution in [0.2, 0.25) is 0 Å². The van der Waals surface area contributed by atoms with E-state index in [0.717, 1.165) is 5.56 Å². The highest BCUT2D eigenvalue weighted by atomic mass is 32.2. The number of thioether (sulfide) groups is 1. The Bertz CT molecular complexity index is 414. The van der Waals surface area contributed by atoms with E-state index in [1.165, 1.54) is 0 Å². The second-order valence-electron chi connectivity index (χ2n) is 6.03. The van der Waals surface area contributed by atoms with Gasteiger partial charge in [-0.25, -0.2) is 0 Å². The second-order valence-corrected chi connectivity index (χ2v) is 7.83. The molecule has 0 aliphatic carbocycles. The first-order valence-electron chi connectivity index (χ1n) is 6.94. The first-order valence-corrected chi connectivity index (χ1v) is 7.93. The average molecular weight is 295 g/mol. The third-order valence-electron chi connectivity index (χ3n) is 2.80. The third kappa shape index (κ3) is 6.96. The lowest BCUT2D eigenvalue weighted by Crippen LogP contribution is -2.35. The van der Waals surface area contributed by atoms with Gasteiger partial charge >= 0.3 is 0 Å². The van der Waals surface area contributed by atoms with Crippen molar-refractivity contribution in [1.82, 2.24) is 5.32 Å². The van der Waals surface area contributed by atoms with Crippen LogP contribution in [0.3, 0.4) is 0 Å². The molecule has 0 spiro atoms. The van der Waals surface area contributed by atoms with Gasteiger partial charge in [-0.2, -0.15) is 0 Å². The number of carbonyl (C=O) groups is 1. The highest BCUT2D eigenvalue weighted by Crippen LogP contribution is 2.23. The van der Waals surface area contributed by atoms with Crippen LogP contribution in [0, 0.1) is 0 Å². The Kier molecular flexibility index (Phi) is 6.56. The quantitative estimate of drug-likeness (QED) is 0.847. The number of amides is 1. The number of carbonyl (C=O) groups excluding carboxylic acids is 1. The highest BCUT2D eigenvalue weighted by Gasteiger charge is 2.17. The van der Waals surface area contributed by atoms with Crippen molar-refractivity contribution in [1.29, 1.82) is 0 Å². The maximum absolute atomic E-state index is 11.8. The van der Waals surface area contributed by atoms with Crippen molar-refractivity contribution in [2.45, 2.75) is 51.0 Å². The van der Waals surface area contributed by atoms with Crippen molar-refractivity contribution < 1.29 is 9.90 Å². The number of benzene rings is 1. The van der Waals surface area contributed by atoms with E-state index in [-0.39, 0.29) is 16.7 Å². The minimum Gasteiger partial charge on any atom is -0.388 e. The Morgan fingerprint density at radius 3 is 2.45 bits per heavy atom. The van der Waals surface area contributed by atoms with Crippen LogP contribution < -0.4 is 5.32 Å². The van der Waals surface area contributed by atoms with Crippen LogP contribution in [0.4, 0.5) is 0 Å². The fraction of sp³-hybridized carbons (Fsp3) is 0.562. The molecule has 0 aliphatic rings. The normalized spacial score (nSPS) is 14.7. The third-order valence-corrected chi connectivity index (χ3v) is 4.08. The van der Waals surface area contributed by atoms with E-state index in [2.05, 4.69) is 26.1 Å². The number of aliphatic hydroxyl groups is 1. The molecule has 0 aliphatic heterocycles. The number of nitrogens with one attached hydrogen (secondary N) is 1. The Labute approximate surface area is 126 Å². The van der Waals surface area contributed by atoms with Crippen LogP contribution in [0.5, 0.6) is 0 Å². The maximum Gasteiger partial charge on any atom is 0.230 e. The van der Waals surface area contributed by atoms with Crippen LogP contribution in [0.15, 0.2) is 30.3 Å². The molecule has 0 radical (unpaired) electrons. The number of rotatable bonds is 6. The molecule has 0 saturated carbocycles. The van der Waals surface area contributed by atoms with E-state index in [4.69, 9.17) is 0 Å². The molecular formula is C16H25NO2S. The first-order chi connectivity index (χ1) is 9.28. The molecule has 0 heterocycles. The Morgan fingerprint density at radius 2 is 1.90 bits per heavy atom. The lowest BCUT2D eigenvalue weighted by atomic mass is 10.0. The largest absolute Gasteiger partial charge is 0.388 e. The second kappa shape index (κ2) is 7.70. The van der Waals surface area contributed by atoms with Crippen LogP contribution in [0.25, 0.3) is 0 Å². The van der Waals surface area contributed by atoms with Gasteiger partial charge < -0.3 is 10.4 Å². The van der Waals surface area contributed by atoms with Crippen molar-refractivity contribution in [2.75, 3.05) is 5.75 Å². The summed E-state index contributed by atoms with van der Waals surface area (Å²) < 4.78 is 0.0874. The van der Waals surface area contributed by atoms with Gasteiger partial charge in [0.25, 0.3) is 0 Å². The predicted molar refractivity (Wildman–Crippen MR) is 85.8 cm³/mol. The van der Waals surface area contributed by atoms with Crippen LogP contribution in [-0.4, -0.2) is 27.6 Å². The summed E-state index contributed by atoms with van der Waals surface area (Å²) in [7, 11) is 0. The van der Waals surface area contributed by atoms with Gasteiger partial charge in [0.1, 0.15) is 0 Å². The summed E-state index contributed by atoms with van der Waals surface area (Å²) in [6.45, 7) is 8.19. The molecule has 0 fully saturated rings. The standard InChI is InChI=1S/C16H25NO2S/c1-12(17-15(19)11-20-16(2,3)4)10-14(18)13-8-6-5-7-9-13/h5-9,12,14,18H,10-11H2,1-4H3,(H,17,19)/t12-,14+/m1/s1. The van der Waals surface area contributed by atoms with Gasteiger partial charge in [-0.05, 0) is 18.9 Å².